The lowest BCUT2D eigenvalue weighted by Crippen LogP contribution is -1.73. The SMILES string of the molecule is N#Cc1n[nH]c2cc(F)ccc12. The Balaban J connectivity index is 2.84. The van der Waals surface area contributed by atoms with Gasteiger partial charge in [0.15, 0.2) is 5.69 Å². The van der Waals surface area contributed by atoms with Crippen molar-refractivity contribution in [1.29, 1.82) is 5.26 Å². The predicted octanol–water partition coefficient (Wildman–Crippen LogP) is 1.57. The lowest BCUT2D eigenvalue weighted by Gasteiger charge is -1.87. The van der Waals surface area contributed by atoms with Gasteiger partial charge in [-0.05, 0) is 18.2 Å². The maximum Gasteiger partial charge on any atom is 0.170 e. The van der Waals surface area contributed by atoms with Crippen LogP contribution < -0.4 is 0 Å². The van der Waals surface area contributed by atoms with E-state index in [4.69, 9.17) is 5.26 Å². The fourth-order valence-electron chi connectivity index (χ4n) is 1.08. The standard InChI is InChI=1S/C8H4FN3/c9-5-1-2-6-7(3-5)11-12-8(6)4-10/h1-3H,(H,11,12). The molecule has 0 saturated carbocycles. The van der Waals surface area contributed by atoms with E-state index in [0.29, 0.717) is 16.6 Å². The second-order valence-electron chi connectivity index (χ2n) is 2.37. The quantitative estimate of drug-likeness (QED) is 0.637. The minimum absolute atomic E-state index is 0.296. The lowest BCUT2D eigenvalue weighted by molar-refractivity contribution is 0.629. The van der Waals surface area contributed by atoms with Gasteiger partial charge in [-0.1, -0.05) is 0 Å². The van der Waals surface area contributed by atoms with Gasteiger partial charge in [0.1, 0.15) is 11.9 Å². The molecule has 0 aliphatic carbocycles. The summed E-state index contributed by atoms with van der Waals surface area (Å²) in [6.45, 7) is 0. The van der Waals surface area contributed by atoms with Gasteiger partial charge in [0, 0.05) is 5.39 Å². The number of fused-ring (bicyclic) bond motifs is 1. The van der Waals surface area contributed by atoms with Gasteiger partial charge < -0.3 is 0 Å². The molecule has 0 amide bonds. The van der Waals surface area contributed by atoms with Crippen LogP contribution in [0.4, 0.5) is 4.39 Å². The van der Waals surface area contributed by atoms with Crippen molar-refractivity contribution in [3.8, 4) is 6.07 Å². The number of hydrogen-bond acceptors (Lipinski definition) is 2. The normalized spacial score (nSPS) is 10.0. The summed E-state index contributed by atoms with van der Waals surface area (Å²) in [5, 5.41) is 15.5. The summed E-state index contributed by atoms with van der Waals surface area (Å²) >= 11 is 0. The first-order valence-electron chi connectivity index (χ1n) is 3.35. The van der Waals surface area contributed by atoms with Gasteiger partial charge in [-0.15, -0.1) is 0 Å². The number of aromatic nitrogens is 2. The molecule has 4 heteroatoms. The van der Waals surface area contributed by atoms with Crippen LogP contribution >= 0.6 is 0 Å². The molecule has 1 N–H and O–H groups in total. The summed E-state index contributed by atoms with van der Waals surface area (Å²) in [6, 6.07) is 6.05. The highest BCUT2D eigenvalue weighted by Gasteiger charge is 2.03. The Hall–Kier alpha value is -1.89. The molecule has 0 saturated heterocycles. The average molecular weight is 161 g/mol. The third-order valence-electron chi connectivity index (χ3n) is 1.63. The monoisotopic (exact) mass is 161 g/mol. The van der Waals surface area contributed by atoms with Gasteiger partial charge in [-0.3, -0.25) is 5.10 Å². The van der Waals surface area contributed by atoms with Gasteiger partial charge in [0.2, 0.25) is 0 Å². The second-order valence-corrected chi connectivity index (χ2v) is 2.37. The molecule has 0 aliphatic heterocycles. The van der Waals surface area contributed by atoms with Crippen LogP contribution in [0.2, 0.25) is 0 Å². The van der Waals surface area contributed by atoms with Crippen molar-refractivity contribution < 1.29 is 4.39 Å². The van der Waals surface area contributed by atoms with Crippen LogP contribution in [0, 0.1) is 17.1 Å². The van der Waals surface area contributed by atoms with Crippen LogP contribution in [-0.2, 0) is 0 Å². The summed E-state index contributed by atoms with van der Waals surface area (Å²) in [5.41, 5.74) is 0.844. The number of nitrogens with one attached hydrogen (secondary N) is 1. The average Bonchev–Trinajstić information content (AvgIpc) is 2.46. The fourth-order valence-corrected chi connectivity index (χ4v) is 1.08. The van der Waals surface area contributed by atoms with E-state index in [1.165, 1.54) is 18.2 Å². The molecule has 0 spiro atoms. The van der Waals surface area contributed by atoms with E-state index >= 15 is 0 Å². The number of nitrogens with zero attached hydrogens (tertiary/aromatic N) is 2. The Bertz CT molecular complexity index is 467. The molecule has 3 nitrogen and oxygen atoms in total. The van der Waals surface area contributed by atoms with E-state index < -0.39 is 0 Å². The smallest absolute Gasteiger partial charge is 0.170 e. The third-order valence-corrected chi connectivity index (χ3v) is 1.63. The number of H-pyrrole nitrogens is 1. The van der Waals surface area contributed by atoms with E-state index in [9.17, 15) is 4.39 Å². The van der Waals surface area contributed by atoms with E-state index in [2.05, 4.69) is 10.2 Å². The van der Waals surface area contributed by atoms with E-state index in [0.717, 1.165) is 0 Å². The first-order valence-corrected chi connectivity index (χ1v) is 3.35. The van der Waals surface area contributed by atoms with Crippen LogP contribution in [0.5, 0.6) is 0 Å². The van der Waals surface area contributed by atoms with Crippen molar-refractivity contribution in [2.45, 2.75) is 0 Å². The van der Waals surface area contributed by atoms with Crippen molar-refractivity contribution >= 4 is 10.9 Å². The molecule has 0 bridgehead atoms. The maximum atomic E-state index is 12.6. The van der Waals surface area contributed by atoms with Crippen molar-refractivity contribution in [3.05, 3.63) is 29.7 Å². The Morgan fingerprint density at radius 2 is 2.33 bits per heavy atom. The van der Waals surface area contributed by atoms with E-state index in [-0.39, 0.29) is 5.82 Å². The van der Waals surface area contributed by atoms with E-state index in [1.807, 2.05) is 6.07 Å². The highest BCUT2D eigenvalue weighted by Crippen LogP contribution is 2.15. The Labute approximate surface area is 67.4 Å². The molecule has 58 valence electrons. The van der Waals surface area contributed by atoms with Gasteiger partial charge in [0.25, 0.3) is 0 Å². The largest absolute Gasteiger partial charge is 0.276 e. The molecule has 2 aromatic rings. The van der Waals surface area contributed by atoms with Gasteiger partial charge in [0.05, 0.1) is 5.52 Å². The maximum absolute atomic E-state index is 12.6. The van der Waals surface area contributed by atoms with Crippen molar-refractivity contribution in [3.63, 3.8) is 0 Å². The van der Waals surface area contributed by atoms with Crippen LogP contribution in [0.1, 0.15) is 5.69 Å². The minimum Gasteiger partial charge on any atom is -0.276 e. The summed E-state index contributed by atoms with van der Waals surface area (Å²) < 4.78 is 12.6. The Morgan fingerprint density at radius 3 is 3.08 bits per heavy atom. The fraction of sp³-hybridized carbons (Fsp3) is 0. The summed E-state index contributed by atoms with van der Waals surface area (Å²) in [6.07, 6.45) is 0. The van der Waals surface area contributed by atoms with Crippen LogP contribution in [0.25, 0.3) is 10.9 Å². The minimum atomic E-state index is -0.337. The number of aromatic amines is 1. The molecule has 0 aliphatic rings. The Kier molecular flexibility index (Phi) is 1.31. The zero-order chi connectivity index (χ0) is 8.55. The zero-order valence-corrected chi connectivity index (χ0v) is 6.00. The van der Waals surface area contributed by atoms with E-state index in [1.54, 1.807) is 0 Å². The second kappa shape index (κ2) is 2.31. The van der Waals surface area contributed by atoms with Crippen molar-refractivity contribution in [1.82, 2.24) is 10.2 Å². The predicted molar refractivity (Wildman–Crippen MR) is 40.8 cm³/mol. The molecule has 2 rings (SSSR count). The molecule has 0 atom stereocenters. The number of nitriles is 1. The molecule has 1 heterocycles. The molecule has 1 aromatic carbocycles. The molecule has 1 aromatic heterocycles. The Morgan fingerprint density at radius 1 is 1.50 bits per heavy atom. The molecular weight excluding hydrogens is 157 g/mol. The number of benzene rings is 1. The molecule has 0 radical (unpaired) electrons. The summed E-state index contributed by atoms with van der Waals surface area (Å²) in [5.74, 6) is -0.337. The number of hydrogen-bond donors (Lipinski definition) is 1. The van der Waals surface area contributed by atoms with Crippen LogP contribution in [0.15, 0.2) is 18.2 Å². The summed E-state index contributed by atoms with van der Waals surface area (Å²) in [4.78, 5) is 0. The highest BCUT2D eigenvalue weighted by molar-refractivity contribution is 5.83. The van der Waals surface area contributed by atoms with Crippen molar-refractivity contribution in [2.24, 2.45) is 0 Å². The molecule has 0 unspecified atom stereocenters. The first kappa shape index (κ1) is 6.80. The number of rotatable bonds is 0. The molecule has 12 heavy (non-hydrogen) atoms. The molecule has 0 fully saturated rings. The zero-order valence-electron chi connectivity index (χ0n) is 6.00. The number of halogens is 1. The summed E-state index contributed by atoms with van der Waals surface area (Å²) in [7, 11) is 0. The van der Waals surface area contributed by atoms with Crippen LogP contribution in [0.3, 0.4) is 0 Å². The lowest BCUT2D eigenvalue weighted by atomic mass is 10.2. The van der Waals surface area contributed by atoms with Gasteiger partial charge in [-0.2, -0.15) is 10.4 Å². The highest BCUT2D eigenvalue weighted by atomic mass is 19.1. The first-order chi connectivity index (χ1) is 5.81. The topological polar surface area (TPSA) is 52.5 Å². The van der Waals surface area contributed by atoms with Gasteiger partial charge >= 0.3 is 0 Å². The van der Waals surface area contributed by atoms with Crippen LogP contribution in [-0.4, -0.2) is 10.2 Å². The third kappa shape index (κ3) is 0.839. The molecular formula is C8H4FN3. The van der Waals surface area contributed by atoms with Gasteiger partial charge in [-0.25, -0.2) is 4.39 Å². The van der Waals surface area contributed by atoms with Crippen molar-refractivity contribution in [2.75, 3.05) is 0 Å².